The zero-order chi connectivity index (χ0) is 22.4. The number of rotatable bonds is 8. The van der Waals surface area contributed by atoms with Gasteiger partial charge in [0.1, 0.15) is 0 Å². The van der Waals surface area contributed by atoms with Crippen molar-refractivity contribution in [3.05, 3.63) is 96.1 Å². The molecule has 6 heteroatoms. The van der Waals surface area contributed by atoms with Crippen LogP contribution < -0.4 is 9.62 Å². The lowest BCUT2D eigenvalue weighted by Crippen LogP contribution is -2.30. The lowest BCUT2D eigenvalue weighted by atomic mass is 9.96. The first-order chi connectivity index (χ1) is 14.8. The Kier molecular flexibility index (Phi) is 7.13. The van der Waals surface area contributed by atoms with E-state index in [4.69, 9.17) is 0 Å². The van der Waals surface area contributed by atoms with Gasteiger partial charge < -0.3 is 5.32 Å². The molecule has 3 aromatic rings. The van der Waals surface area contributed by atoms with Gasteiger partial charge in [0.05, 0.1) is 16.6 Å². The second-order valence-electron chi connectivity index (χ2n) is 7.90. The van der Waals surface area contributed by atoms with Gasteiger partial charge in [0, 0.05) is 12.6 Å². The van der Waals surface area contributed by atoms with Gasteiger partial charge in [-0.25, -0.2) is 8.42 Å². The Balaban J connectivity index is 1.84. The van der Waals surface area contributed by atoms with Crippen LogP contribution >= 0.6 is 0 Å². The number of benzene rings is 3. The van der Waals surface area contributed by atoms with Crippen LogP contribution in [0.3, 0.4) is 0 Å². The molecule has 0 aliphatic carbocycles. The fourth-order valence-corrected chi connectivity index (χ4v) is 4.62. The van der Waals surface area contributed by atoms with Crippen molar-refractivity contribution in [1.82, 2.24) is 5.32 Å². The molecule has 0 fully saturated rings. The molecule has 3 rings (SSSR count). The number of nitrogens with zero attached hydrogens (tertiary/aromatic N) is 1. The first kappa shape index (κ1) is 22.6. The predicted molar refractivity (Wildman–Crippen MR) is 125 cm³/mol. The average Bonchev–Trinajstić information content (AvgIpc) is 2.79. The van der Waals surface area contributed by atoms with Gasteiger partial charge in [-0.3, -0.25) is 9.10 Å². The van der Waals surface area contributed by atoms with Crippen molar-refractivity contribution >= 4 is 21.6 Å². The molecule has 1 amide bonds. The van der Waals surface area contributed by atoms with E-state index in [1.54, 1.807) is 54.6 Å². The Morgan fingerprint density at radius 2 is 1.52 bits per heavy atom. The Morgan fingerprint density at radius 1 is 0.903 bits per heavy atom. The number of carbonyl (C=O) groups excluding carboxylic acids is 1. The fraction of sp³-hybridized carbons (Fsp3) is 0.240. The number of hydrogen-bond donors (Lipinski definition) is 1. The number of nitrogens with one attached hydrogen (secondary N) is 1. The van der Waals surface area contributed by atoms with Gasteiger partial charge in [-0.1, -0.05) is 68.4 Å². The second kappa shape index (κ2) is 9.79. The minimum atomic E-state index is -3.71. The Labute approximate surface area is 184 Å². The summed E-state index contributed by atoms with van der Waals surface area (Å²) >= 11 is 0. The normalized spacial score (nSPS) is 12.4. The topological polar surface area (TPSA) is 66.5 Å². The molecule has 0 radical (unpaired) electrons. The van der Waals surface area contributed by atoms with Gasteiger partial charge in [0.2, 0.25) is 0 Å². The van der Waals surface area contributed by atoms with Gasteiger partial charge in [-0.15, -0.1) is 0 Å². The van der Waals surface area contributed by atoms with E-state index in [1.165, 1.54) is 11.4 Å². The Bertz CT molecular complexity index is 1110. The highest BCUT2D eigenvalue weighted by Gasteiger charge is 2.22. The van der Waals surface area contributed by atoms with Gasteiger partial charge in [0.25, 0.3) is 15.9 Å². The summed E-state index contributed by atoms with van der Waals surface area (Å²) < 4.78 is 27.0. The molecule has 0 unspecified atom stereocenters. The highest BCUT2D eigenvalue weighted by molar-refractivity contribution is 7.92. The molecule has 0 bridgehead atoms. The van der Waals surface area contributed by atoms with Gasteiger partial charge in [-0.2, -0.15) is 0 Å². The molecule has 0 aromatic heterocycles. The highest BCUT2D eigenvalue weighted by atomic mass is 32.2. The van der Waals surface area contributed by atoms with E-state index in [0.717, 1.165) is 12.0 Å². The molecule has 0 aliphatic heterocycles. The summed E-state index contributed by atoms with van der Waals surface area (Å²) in [6.07, 6.45) is 0.803. The van der Waals surface area contributed by atoms with Crippen LogP contribution in [0.25, 0.3) is 0 Å². The second-order valence-corrected chi connectivity index (χ2v) is 9.87. The zero-order valence-electron chi connectivity index (χ0n) is 18.0. The standard InChI is InChI=1S/C25H28N2O3S/c1-19(2)17-24(20-11-6-4-7-12-20)26-25(28)21-13-10-14-22(18-21)27(3)31(29,30)23-15-8-5-9-16-23/h4-16,18-19,24H,17H2,1-3H3,(H,26,28)/t24-/m1/s1. The van der Waals surface area contributed by atoms with Crippen molar-refractivity contribution in [3.63, 3.8) is 0 Å². The van der Waals surface area contributed by atoms with Crippen molar-refractivity contribution in [1.29, 1.82) is 0 Å². The van der Waals surface area contributed by atoms with Gasteiger partial charge in [0.15, 0.2) is 0 Å². The number of carbonyl (C=O) groups is 1. The maximum absolute atomic E-state index is 13.0. The Morgan fingerprint density at radius 3 is 2.13 bits per heavy atom. The fourth-order valence-electron chi connectivity index (χ4n) is 3.41. The summed E-state index contributed by atoms with van der Waals surface area (Å²) in [4.78, 5) is 13.2. The monoisotopic (exact) mass is 436 g/mol. The summed E-state index contributed by atoms with van der Waals surface area (Å²) in [6, 6.07) is 24.7. The van der Waals surface area contributed by atoms with Crippen LogP contribution in [0.4, 0.5) is 5.69 Å². The predicted octanol–water partition coefficient (Wildman–Crippen LogP) is 5.03. The third-order valence-corrected chi connectivity index (χ3v) is 6.89. The summed E-state index contributed by atoms with van der Waals surface area (Å²) in [5.74, 6) is 0.167. The van der Waals surface area contributed by atoms with E-state index < -0.39 is 10.0 Å². The maximum Gasteiger partial charge on any atom is 0.264 e. The number of amides is 1. The molecule has 0 aliphatic rings. The molecular weight excluding hydrogens is 408 g/mol. The zero-order valence-corrected chi connectivity index (χ0v) is 18.8. The first-order valence-electron chi connectivity index (χ1n) is 10.3. The molecule has 3 aromatic carbocycles. The van der Waals surface area contributed by atoms with E-state index in [0.29, 0.717) is 17.2 Å². The molecular formula is C25H28N2O3S. The van der Waals surface area contributed by atoms with E-state index >= 15 is 0 Å². The molecule has 31 heavy (non-hydrogen) atoms. The van der Waals surface area contributed by atoms with Crippen LogP contribution in [0.5, 0.6) is 0 Å². The van der Waals surface area contributed by atoms with Crippen molar-refractivity contribution in [2.75, 3.05) is 11.4 Å². The van der Waals surface area contributed by atoms with Crippen molar-refractivity contribution < 1.29 is 13.2 Å². The summed E-state index contributed by atoms with van der Waals surface area (Å²) in [5, 5.41) is 3.11. The molecule has 1 atom stereocenters. The van der Waals surface area contributed by atoms with Crippen LogP contribution in [-0.4, -0.2) is 21.4 Å². The minimum Gasteiger partial charge on any atom is -0.345 e. The highest BCUT2D eigenvalue weighted by Crippen LogP contribution is 2.25. The largest absolute Gasteiger partial charge is 0.345 e. The first-order valence-corrected chi connectivity index (χ1v) is 11.7. The number of anilines is 1. The molecule has 0 saturated carbocycles. The lowest BCUT2D eigenvalue weighted by Gasteiger charge is -2.22. The third kappa shape index (κ3) is 5.52. The minimum absolute atomic E-state index is 0.122. The summed E-state index contributed by atoms with van der Waals surface area (Å²) in [6.45, 7) is 4.23. The SMILES string of the molecule is CC(C)C[C@@H](NC(=O)c1cccc(N(C)S(=O)(=O)c2ccccc2)c1)c1ccccc1. The van der Waals surface area contributed by atoms with E-state index in [2.05, 4.69) is 19.2 Å². The van der Waals surface area contributed by atoms with E-state index in [-0.39, 0.29) is 16.8 Å². The quantitative estimate of drug-likeness (QED) is 0.539. The van der Waals surface area contributed by atoms with Crippen molar-refractivity contribution in [2.45, 2.75) is 31.2 Å². The Hall–Kier alpha value is -3.12. The molecule has 0 spiro atoms. The van der Waals surface area contributed by atoms with Gasteiger partial charge >= 0.3 is 0 Å². The number of sulfonamides is 1. The average molecular weight is 437 g/mol. The molecule has 0 saturated heterocycles. The third-order valence-electron chi connectivity index (χ3n) is 5.09. The van der Waals surface area contributed by atoms with Crippen LogP contribution in [0.15, 0.2) is 89.8 Å². The summed E-state index contributed by atoms with van der Waals surface area (Å²) in [5.41, 5.74) is 1.89. The van der Waals surface area contributed by atoms with E-state index in [9.17, 15) is 13.2 Å². The lowest BCUT2D eigenvalue weighted by molar-refractivity contribution is 0.0932. The molecule has 1 N–H and O–H groups in total. The van der Waals surface area contributed by atoms with Crippen LogP contribution in [0.1, 0.15) is 42.2 Å². The van der Waals surface area contributed by atoms with E-state index in [1.807, 2.05) is 30.3 Å². The van der Waals surface area contributed by atoms with Crippen LogP contribution in [-0.2, 0) is 10.0 Å². The number of hydrogen-bond acceptors (Lipinski definition) is 3. The maximum atomic E-state index is 13.0. The van der Waals surface area contributed by atoms with Crippen molar-refractivity contribution in [2.24, 2.45) is 5.92 Å². The van der Waals surface area contributed by atoms with Crippen LogP contribution in [0.2, 0.25) is 0 Å². The van der Waals surface area contributed by atoms with Crippen molar-refractivity contribution in [3.8, 4) is 0 Å². The smallest absolute Gasteiger partial charge is 0.264 e. The molecule has 162 valence electrons. The molecule has 5 nitrogen and oxygen atoms in total. The molecule has 0 heterocycles. The summed E-state index contributed by atoms with van der Waals surface area (Å²) in [7, 11) is -2.22. The van der Waals surface area contributed by atoms with Crippen LogP contribution in [0, 0.1) is 5.92 Å². The van der Waals surface area contributed by atoms with Gasteiger partial charge in [-0.05, 0) is 48.2 Å².